The zero-order valence-electron chi connectivity index (χ0n) is 15.1. The molecule has 3 aromatic rings. The predicted octanol–water partition coefficient (Wildman–Crippen LogP) is 5.11. The van der Waals surface area contributed by atoms with Crippen molar-refractivity contribution in [2.24, 2.45) is 0 Å². The molecule has 0 unspecified atom stereocenters. The minimum absolute atomic E-state index is 0.105. The van der Waals surface area contributed by atoms with Gasteiger partial charge in [0.15, 0.2) is 0 Å². The van der Waals surface area contributed by atoms with Gasteiger partial charge in [0.2, 0.25) is 5.95 Å². The third-order valence-corrected chi connectivity index (χ3v) is 4.08. The molecule has 1 heterocycles. The lowest BCUT2D eigenvalue weighted by atomic mass is 10.1. The van der Waals surface area contributed by atoms with E-state index in [0.29, 0.717) is 11.4 Å². The van der Waals surface area contributed by atoms with Crippen LogP contribution in [0.3, 0.4) is 0 Å². The Morgan fingerprint density at radius 1 is 0.964 bits per heavy atom. The van der Waals surface area contributed by atoms with Gasteiger partial charge in [-0.25, -0.2) is 9.97 Å². The van der Waals surface area contributed by atoms with Crippen LogP contribution in [0, 0.1) is 13.8 Å². The molecule has 0 spiro atoms. The van der Waals surface area contributed by atoms with Gasteiger partial charge in [-0.3, -0.25) is 4.79 Å². The maximum Gasteiger partial charge on any atom is 0.416 e. The number of rotatable bonds is 4. The van der Waals surface area contributed by atoms with Crippen LogP contribution >= 0.6 is 0 Å². The molecule has 0 atom stereocenters. The van der Waals surface area contributed by atoms with Gasteiger partial charge in [0, 0.05) is 17.6 Å². The second-order valence-electron chi connectivity index (χ2n) is 6.19. The molecule has 0 aliphatic carbocycles. The Hall–Kier alpha value is -3.42. The van der Waals surface area contributed by atoms with Crippen molar-refractivity contribution in [3.63, 3.8) is 0 Å². The van der Waals surface area contributed by atoms with E-state index in [9.17, 15) is 18.0 Å². The molecule has 2 aromatic carbocycles. The van der Waals surface area contributed by atoms with Gasteiger partial charge in [0.05, 0.1) is 5.56 Å². The van der Waals surface area contributed by atoms with E-state index in [2.05, 4.69) is 20.6 Å². The van der Waals surface area contributed by atoms with E-state index in [0.717, 1.165) is 23.3 Å². The summed E-state index contributed by atoms with van der Waals surface area (Å²) >= 11 is 0. The van der Waals surface area contributed by atoms with Crippen LogP contribution in [0.1, 0.15) is 27.2 Å². The number of nitrogens with zero attached hydrogens (tertiary/aromatic N) is 2. The topological polar surface area (TPSA) is 66.9 Å². The number of para-hydroxylation sites is 1. The van der Waals surface area contributed by atoms with E-state index in [1.54, 1.807) is 0 Å². The maximum atomic E-state index is 12.6. The third-order valence-electron chi connectivity index (χ3n) is 4.08. The average Bonchev–Trinajstić information content (AvgIpc) is 2.64. The van der Waals surface area contributed by atoms with E-state index in [-0.39, 0.29) is 11.6 Å². The highest BCUT2D eigenvalue weighted by molar-refractivity contribution is 6.03. The number of benzene rings is 2. The first-order valence-corrected chi connectivity index (χ1v) is 8.39. The van der Waals surface area contributed by atoms with E-state index >= 15 is 0 Å². The largest absolute Gasteiger partial charge is 0.416 e. The van der Waals surface area contributed by atoms with Crippen LogP contribution in [-0.2, 0) is 6.18 Å². The molecule has 3 rings (SSSR count). The second-order valence-corrected chi connectivity index (χ2v) is 6.19. The molecule has 1 amide bonds. The molecule has 0 radical (unpaired) electrons. The van der Waals surface area contributed by atoms with Crippen molar-refractivity contribution in [3.8, 4) is 0 Å². The fraction of sp³-hybridized carbons (Fsp3) is 0.150. The number of hydrogen-bond donors (Lipinski definition) is 2. The summed E-state index contributed by atoms with van der Waals surface area (Å²) in [7, 11) is 0. The van der Waals surface area contributed by atoms with E-state index < -0.39 is 17.6 Å². The number of anilines is 3. The summed E-state index contributed by atoms with van der Waals surface area (Å²) in [6.45, 7) is 3.78. The zero-order valence-corrected chi connectivity index (χ0v) is 15.1. The number of amides is 1. The highest BCUT2D eigenvalue weighted by Crippen LogP contribution is 2.30. The van der Waals surface area contributed by atoms with Crippen molar-refractivity contribution in [3.05, 3.63) is 77.1 Å². The number of aromatic nitrogens is 2. The van der Waals surface area contributed by atoms with Crippen molar-refractivity contribution < 1.29 is 18.0 Å². The monoisotopic (exact) mass is 386 g/mol. The van der Waals surface area contributed by atoms with Crippen molar-refractivity contribution in [1.29, 1.82) is 0 Å². The molecule has 2 N–H and O–H groups in total. The average molecular weight is 386 g/mol. The van der Waals surface area contributed by atoms with Gasteiger partial charge < -0.3 is 10.6 Å². The van der Waals surface area contributed by atoms with Crippen LogP contribution in [0.4, 0.5) is 30.5 Å². The molecule has 0 aliphatic heterocycles. The molecule has 144 valence electrons. The number of alkyl halides is 3. The summed E-state index contributed by atoms with van der Waals surface area (Å²) in [5.74, 6) is -0.302. The fourth-order valence-electron chi connectivity index (χ4n) is 2.61. The number of carbonyl (C=O) groups excluding carboxylic acids is 1. The normalized spacial score (nSPS) is 11.2. The van der Waals surface area contributed by atoms with E-state index in [1.165, 1.54) is 24.4 Å². The molecule has 0 saturated carbocycles. The van der Waals surface area contributed by atoms with Crippen LogP contribution < -0.4 is 10.6 Å². The minimum atomic E-state index is -4.40. The van der Waals surface area contributed by atoms with Gasteiger partial charge in [0.25, 0.3) is 5.91 Å². The Morgan fingerprint density at radius 2 is 1.61 bits per heavy atom. The third kappa shape index (κ3) is 4.46. The quantitative estimate of drug-likeness (QED) is 0.654. The lowest BCUT2D eigenvalue weighted by molar-refractivity contribution is -0.137. The number of carbonyl (C=O) groups is 1. The van der Waals surface area contributed by atoms with Crippen LogP contribution in [-0.4, -0.2) is 15.9 Å². The van der Waals surface area contributed by atoms with Gasteiger partial charge in [-0.1, -0.05) is 18.2 Å². The summed E-state index contributed by atoms with van der Waals surface area (Å²) < 4.78 is 37.9. The molecule has 5 nitrogen and oxygen atoms in total. The highest BCUT2D eigenvalue weighted by Gasteiger charge is 2.29. The number of aryl methyl sites for hydroxylation is 2. The van der Waals surface area contributed by atoms with Gasteiger partial charge in [-0.05, 0) is 55.3 Å². The molecule has 28 heavy (non-hydrogen) atoms. The van der Waals surface area contributed by atoms with Crippen LogP contribution in [0.25, 0.3) is 0 Å². The lowest BCUT2D eigenvalue weighted by Gasteiger charge is -2.12. The molecule has 0 aliphatic rings. The highest BCUT2D eigenvalue weighted by atomic mass is 19.4. The Morgan fingerprint density at radius 3 is 2.21 bits per heavy atom. The van der Waals surface area contributed by atoms with Crippen molar-refractivity contribution in [1.82, 2.24) is 9.97 Å². The second kappa shape index (κ2) is 7.67. The Balaban J connectivity index is 1.76. The first kappa shape index (κ1) is 19.3. The first-order chi connectivity index (χ1) is 13.2. The standard InChI is InChI=1S/C20H17F3N4O/c1-12-4-3-5-13(2)17(12)27-18(28)16-10-11-24-19(26-16)25-15-8-6-14(7-9-15)20(21,22)23/h3-11H,1-2H3,(H,27,28)(H,24,25,26). The van der Waals surface area contributed by atoms with Crippen LogP contribution in [0.15, 0.2) is 54.7 Å². The summed E-state index contributed by atoms with van der Waals surface area (Å²) in [5.41, 5.74) is 2.31. The zero-order chi connectivity index (χ0) is 20.3. The van der Waals surface area contributed by atoms with Gasteiger partial charge >= 0.3 is 6.18 Å². The summed E-state index contributed by atoms with van der Waals surface area (Å²) in [4.78, 5) is 20.7. The van der Waals surface area contributed by atoms with Crippen molar-refractivity contribution >= 4 is 23.2 Å². The fourth-order valence-corrected chi connectivity index (χ4v) is 2.61. The van der Waals surface area contributed by atoms with Gasteiger partial charge in [-0.2, -0.15) is 13.2 Å². The minimum Gasteiger partial charge on any atom is -0.324 e. The number of hydrogen-bond acceptors (Lipinski definition) is 4. The molecule has 0 bridgehead atoms. The summed E-state index contributed by atoms with van der Waals surface area (Å²) in [6.07, 6.45) is -3.00. The SMILES string of the molecule is Cc1cccc(C)c1NC(=O)c1ccnc(Nc2ccc(C(F)(F)F)cc2)n1. The van der Waals surface area contributed by atoms with Gasteiger partial charge in [0.1, 0.15) is 5.69 Å². The molecular formula is C20H17F3N4O. The Kier molecular flexibility index (Phi) is 5.30. The predicted molar refractivity (Wildman–Crippen MR) is 101 cm³/mol. The molecule has 0 saturated heterocycles. The first-order valence-electron chi connectivity index (χ1n) is 8.39. The van der Waals surface area contributed by atoms with Crippen molar-refractivity contribution in [2.45, 2.75) is 20.0 Å². The van der Waals surface area contributed by atoms with E-state index in [1.807, 2.05) is 32.0 Å². The number of nitrogens with one attached hydrogen (secondary N) is 2. The summed E-state index contributed by atoms with van der Waals surface area (Å²) in [5, 5.41) is 5.62. The smallest absolute Gasteiger partial charge is 0.324 e. The molecule has 8 heteroatoms. The molecule has 1 aromatic heterocycles. The van der Waals surface area contributed by atoms with Crippen LogP contribution in [0.2, 0.25) is 0 Å². The Bertz CT molecular complexity index is 981. The molecule has 0 fully saturated rings. The maximum absolute atomic E-state index is 12.6. The summed E-state index contributed by atoms with van der Waals surface area (Å²) in [6, 6.07) is 11.6. The van der Waals surface area contributed by atoms with Gasteiger partial charge in [-0.15, -0.1) is 0 Å². The molecular weight excluding hydrogens is 369 g/mol. The number of halogens is 3. The lowest BCUT2D eigenvalue weighted by Crippen LogP contribution is -2.16. The van der Waals surface area contributed by atoms with E-state index in [4.69, 9.17) is 0 Å². The van der Waals surface area contributed by atoms with Crippen LogP contribution in [0.5, 0.6) is 0 Å². The van der Waals surface area contributed by atoms with Crippen molar-refractivity contribution in [2.75, 3.05) is 10.6 Å². The Labute approximate surface area is 159 Å².